The Morgan fingerprint density at radius 1 is 0.929 bits per heavy atom. The van der Waals surface area contributed by atoms with Crippen LogP contribution in [-0.4, -0.2) is 45.7 Å². The van der Waals surface area contributed by atoms with E-state index in [-0.39, 0.29) is 11.3 Å². The van der Waals surface area contributed by atoms with E-state index >= 15 is 0 Å². The molecule has 2 N–H and O–H groups in total. The highest BCUT2D eigenvalue weighted by atomic mass is 16.4. The standard InChI is InChI=1S/C49H67N5O2/c1-32(2)11-10-12-33(3)40-18-19-41-38-17-16-37-29-36(20-24-48(37,4)42(38)21-25-49(40,41)5)39(47(55)56)31-51-44-30-45(53-46(52-44)43-15-8-9-26-50-43)54-27-22-34-13-6-7-14-35(34)23-28-54/h6-9,13-16,26,30,32-33,36,38-42H,10-12,17-25,27-29,31H2,1-5H3,(H,55,56)(H,51,52,53)/t33-,36+,38+,39?,40-,41+,42+,48+,49-/m1/s1. The summed E-state index contributed by atoms with van der Waals surface area (Å²) in [6, 6.07) is 16.5. The molecule has 1 aromatic carbocycles. The second-order valence-electron chi connectivity index (χ2n) is 19.5. The summed E-state index contributed by atoms with van der Waals surface area (Å²) in [5, 5.41) is 14.3. The number of fused-ring (bicyclic) bond motifs is 6. The van der Waals surface area contributed by atoms with Crippen LogP contribution < -0.4 is 10.2 Å². The lowest BCUT2D eigenvalue weighted by atomic mass is 9.46. The van der Waals surface area contributed by atoms with Gasteiger partial charge in [0.25, 0.3) is 0 Å². The quantitative estimate of drug-likeness (QED) is 0.178. The zero-order valence-corrected chi connectivity index (χ0v) is 34.9. The molecule has 7 nitrogen and oxygen atoms in total. The number of pyridine rings is 1. The van der Waals surface area contributed by atoms with Gasteiger partial charge in [0.05, 0.1) is 5.92 Å². The van der Waals surface area contributed by atoms with E-state index in [0.29, 0.717) is 29.3 Å². The first kappa shape index (κ1) is 39.1. The Balaban J connectivity index is 0.962. The zero-order chi connectivity index (χ0) is 39.0. The van der Waals surface area contributed by atoms with Gasteiger partial charge in [-0.2, -0.15) is 0 Å². The van der Waals surface area contributed by atoms with Gasteiger partial charge in [-0.25, -0.2) is 9.97 Å². The predicted molar refractivity (Wildman–Crippen MR) is 227 cm³/mol. The Hall–Kier alpha value is -3.74. The molecular formula is C49H67N5O2. The molecule has 4 aliphatic carbocycles. The summed E-state index contributed by atoms with van der Waals surface area (Å²) in [5.74, 6) is 5.82. The molecule has 0 spiro atoms. The van der Waals surface area contributed by atoms with Crippen LogP contribution >= 0.6 is 0 Å². The van der Waals surface area contributed by atoms with Gasteiger partial charge in [-0.15, -0.1) is 0 Å². The predicted octanol–water partition coefficient (Wildman–Crippen LogP) is 10.9. The molecule has 0 amide bonds. The van der Waals surface area contributed by atoms with Gasteiger partial charge >= 0.3 is 5.97 Å². The van der Waals surface area contributed by atoms with Gasteiger partial charge < -0.3 is 15.3 Å². The fraction of sp³-hybridized carbons (Fsp3) is 0.633. The number of anilines is 2. The third-order valence-corrected chi connectivity index (χ3v) is 16.1. The molecule has 3 aromatic rings. The van der Waals surface area contributed by atoms with Crippen molar-refractivity contribution in [2.45, 2.75) is 118 Å². The van der Waals surface area contributed by atoms with Gasteiger partial charge in [0.15, 0.2) is 5.82 Å². The van der Waals surface area contributed by atoms with E-state index < -0.39 is 11.9 Å². The van der Waals surface area contributed by atoms with Crippen LogP contribution in [0.3, 0.4) is 0 Å². The number of benzene rings is 1. The zero-order valence-electron chi connectivity index (χ0n) is 34.9. The maximum absolute atomic E-state index is 13.1. The van der Waals surface area contributed by atoms with E-state index in [9.17, 15) is 9.90 Å². The van der Waals surface area contributed by atoms with Crippen LogP contribution in [0, 0.1) is 58.2 Å². The number of hydrogen-bond donors (Lipinski definition) is 2. The third kappa shape index (κ3) is 7.65. The molecule has 56 heavy (non-hydrogen) atoms. The largest absolute Gasteiger partial charge is 0.481 e. The van der Waals surface area contributed by atoms with Crippen molar-refractivity contribution in [3.8, 4) is 11.5 Å². The summed E-state index contributed by atoms with van der Waals surface area (Å²) >= 11 is 0. The number of carbonyl (C=O) groups is 1. The lowest BCUT2D eigenvalue weighted by Gasteiger charge is -2.59. The first-order valence-corrected chi connectivity index (χ1v) is 22.3. The minimum Gasteiger partial charge on any atom is -0.481 e. The van der Waals surface area contributed by atoms with Crippen LogP contribution in [0.2, 0.25) is 0 Å². The average Bonchev–Trinajstić information content (AvgIpc) is 3.40. The maximum atomic E-state index is 13.1. The first-order valence-electron chi connectivity index (χ1n) is 22.3. The van der Waals surface area contributed by atoms with Crippen molar-refractivity contribution >= 4 is 17.6 Å². The van der Waals surface area contributed by atoms with Crippen molar-refractivity contribution in [3.05, 3.63) is 77.5 Å². The number of aliphatic carboxylic acids is 1. The topological polar surface area (TPSA) is 91.2 Å². The summed E-state index contributed by atoms with van der Waals surface area (Å²) < 4.78 is 0. The highest BCUT2D eigenvalue weighted by Gasteiger charge is 2.59. The van der Waals surface area contributed by atoms with Gasteiger partial charge in [0.2, 0.25) is 0 Å². The summed E-state index contributed by atoms with van der Waals surface area (Å²) in [4.78, 5) is 29.9. The Morgan fingerprint density at radius 2 is 1.70 bits per heavy atom. The SMILES string of the molecule is CC(C)CCC[C@@H](C)[C@H]1CC[C@H]2[C@@H]3CC=C4C[C@@H](C(CNc5cc(N6CCc7ccccc7CC6)nc(-c6ccccn6)n5)C(=O)O)CC[C@]4(C)[C@H]3CC[C@]12C. The van der Waals surface area contributed by atoms with Crippen molar-refractivity contribution < 1.29 is 9.90 Å². The molecular weight excluding hydrogens is 691 g/mol. The van der Waals surface area contributed by atoms with Crippen LogP contribution in [0.4, 0.5) is 11.6 Å². The lowest BCUT2D eigenvalue weighted by molar-refractivity contribution is -0.143. The van der Waals surface area contributed by atoms with Gasteiger partial charge in [-0.05, 0) is 140 Å². The molecule has 7 heteroatoms. The molecule has 1 aliphatic heterocycles. The number of carboxylic acids is 1. The van der Waals surface area contributed by atoms with Gasteiger partial charge in [0, 0.05) is 31.9 Å². The number of hydrogen-bond acceptors (Lipinski definition) is 6. The van der Waals surface area contributed by atoms with Gasteiger partial charge in [-0.1, -0.05) is 95.9 Å². The van der Waals surface area contributed by atoms with Gasteiger partial charge in [-0.3, -0.25) is 9.78 Å². The number of aromatic nitrogens is 3. The van der Waals surface area contributed by atoms with Crippen LogP contribution in [0.1, 0.15) is 116 Å². The second kappa shape index (κ2) is 16.3. The third-order valence-electron chi connectivity index (χ3n) is 16.1. The van der Waals surface area contributed by atoms with Crippen molar-refractivity contribution in [2.24, 2.45) is 58.2 Å². The lowest BCUT2D eigenvalue weighted by Crippen LogP contribution is -2.51. The minimum atomic E-state index is -0.710. The molecule has 300 valence electrons. The number of allylic oxidation sites excluding steroid dienone is 2. The van der Waals surface area contributed by atoms with Crippen LogP contribution in [0.25, 0.3) is 11.5 Å². The summed E-state index contributed by atoms with van der Waals surface area (Å²) in [6.45, 7) is 14.6. The molecule has 5 aliphatic rings. The molecule has 9 atom stereocenters. The van der Waals surface area contributed by atoms with Crippen molar-refractivity contribution in [3.63, 3.8) is 0 Å². The smallest absolute Gasteiger partial charge is 0.308 e. The fourth-order valence-corrected chi connectivity index (χ4v) is 12.9. The second-order valence-corrected chi connectivity index (χ2v) is 19.5. The van der Waals surface area contributed by atoms with E-state index in [1.165, 1.54) is 62.5 Å². The summed E-state index contributed by atoms with van der Waals surface area (Å²) in [6.07, 6.45) is 20.1. The van der Waals surface area contributed by atoms with E-state index in [1.54, 1.807) is 11.8 Å². The fourth-order valence-electron chi connectivity index (χ4n) is 12.9. The summed E-state index contributed by atoms with van der Waals surface area (Å²) in [7, 11) is 0. The molecule has 3 heterocycles. The molecule has 3 saturated carbocycles. The minimum absolute atomic E-state index is 0.105. The van der Waals surface area contributed by atoms with E-state index in [1.807, 2.05) is 24.3 Å². The number of nitrogens with one attached hydrogen (secondary N) is 1. The highest BCUT2D eigenvalue weighted by Crippen LogP contribution is 2.67. The van der Waals surface area contributed by atoms with Crippen molar-refractivity contribution in [1.82, 2.24) is 15.0 Å². The van der Waals surface area contributed by atoms with E-state index in [0.717, 1.165) is 86.5 Å². The van der Waals surface area contributed by atoms with Crippen LogP contribution in [0.5, 0.6) is 0 Å². The normalized spacial score (nSPS) is 30.9. The Kier molecular flexibility index (Phi) is 11.3. The van der Waals surface area contributed by atoms with Crippen LogP contribution in [0.15, 0.2) is 66.4 Å². The number of carboxylic acid groups (broad SMARTS) is 1. The highest BCUT2D eigenvalue weighted by molar-refractivity contribution is 5.71. The Bertz CT molecular complexity index is 1850. The van der Waals surface area contributed by atoms with Crippen LogP contribution in [-0.2, 0) is 17.6 Å². The Labute approximate surface area is 336 Å². The van der Waals surface area contributed by atoms with E-state index in [2.05, 4.69) is 80.2 Å². The number of rotatable bonds is 12. The molecule has 0 bridgehead atoms. The molecule has 3 fully saturated rings. The maximum Gasteiger partial charge on any atom is 0.308 e. The first-order chi connectivity index (χ1) is 27.0. The van der Waals surface area contributed by atoms with Gasteiger partial charge in [0.1, 0.15) is 17.3 Å². The monoisotopic (exact) mass is 758 g/mol. The molecule has 2 aromatic heterocycles. The van der Waals surface area contributed by atoms with Crippen molar-refractivity contribution in [2.75, 3.05) is 29.9 Å². The molecule has 0 saturated heterocycles. The average molecular weight is 758 g/mol. The Morgan fingerprint density at radius 3 is 2.41 bits per heavy atom. The summed E-state index contributed by atoms with van der Waals surface area (Å²) in [5.41, 5.74) is 5.75. The molecule has 0 radical (unpaired) electrons. The van der Waals surface area contributed by atoms with E-state index in [4.69, 9.17) is 9.97 Å². The van der Waals surface area contributed by atoms with Crippen molar-refractivity contribution in [1.29, 1.82) is 0 Å². The number of nitrogens with zero attached hydrogens (tertiary/aromatic N) is 4. The molecule has 8 rings (SSSR count). The molecule has 1 unspecified atom stereocenters.